The van der Waals surface area contributed by atoms with Crippen LogP contribution in [0.4, 0.5) is 0 Å². The lowest BCUT2D eigenvalue weighted by atomic mass is 10.1. The van der Waals surface area contributed by atoms with Crippen LogP contribution in [0.25, 0.3) is 22.3 Å². The van der Waals surface area contributed by atoms with E-state index >= 15 is 0 Å². The van der Waals surface area contributed by atoms with Crippen molar-refractivity contribution in [3.63, 3.8) is 0 Å². The highest BCUT2D eigenvalue weighted by molar-refractivity contribution is 6.30. The van der Waals surface area contributed by atoms with Crippen molar-refractivity contribution in [3.05, 3.63) is 64.9 Å². The molecule has 0 atom stereocenters. The maximum atomic E-state index is 5.94. The minimum Gasteiger partial charge on any atom is -0.361 e. The Labute approximate surface area is 143 Å². The minimum atomic E-state index is 0.700. The number of benzene rings is 1. The monoisotopic (exact) mass is 338 g/mol. The largest absolute Gasteiger partial charge is 0.361 e. The lowest BCUT2D eigenvalue weighted by molar-refractivity contribution is 0.393. The van der Waals surface area contributed by atoms with Crippen LogP contribution in [0.1, 0.15) is 17.0 Å². The zero-order chi connectivity index (χ0) is 16.7. The molecule has 1 aromatic carbocycles. The summed E-state index contributed by atoms with van der Waals surface area (Å²) in [5.41, 5.74) is 5.65. The number of rotatable bonds is 3. The summed E-state index contributed by atoms with van der Waals surface area (Å²) in [5, 5.41) is 4.73. The number of fused-ring (bicyclic) bond motifs is 1. The smallest absolute Gasteiger partial charge is 0.160 e. The molecule has 0 amide bonds. The Bertz CT molecular complexity index is 998. The van der Waals surface area contributed by atoms with Crippen LogP contribution in [0.15, 0.2) is 47.4 Å². The van der Waals surface area contributed by atoms with Gasteiger partial charge in [-0.1, -0.05) is 28.9 Å². The molecule has 0 spiro atoms. The Balaban J connectivity index is 1.72. The predicted octanol–water partition coefficient (Wildman–Crippen LogP) is 4.40. The van der Waals surface area contributed by atoms with Gasteiger partial charge in [-0.25, -0.2) is 9.97 Å². The van der Waals surface area contributed by atoms with Crippen molar-refractivity contribution in [1.29, 1.82) is 0 Å². The molecule has 3 aromatic heterocycles. The lowest BCUT2D eigenvalue weighted by Gasteiger charge is -2.05. The standard InChI is InChI=1S/C18H15ClN4O/c1-11-17(12(2)24-22-11)14-7-16-18(20-8-14)23(10-21-16)9-13-3-5-15(19)6-4-13/h3-8,10H,9H2,1-2H3. The van der Waals surface area contributed by atoms with Crippen LogP contribution in [-0.4, -0.2) is 19.7 Å². The molecule has 0 radical (unpaired) electrons. The number of halogens is 1. The highest BCUT2D eigenvalue weighted by Gasteiger charge is 2.14. The van der Waals surface area contributed by atoms with Gasteiger partial charge in [-0.15, -0.1) is 0 Å². The van der Waals surface area contributed by atoms with E-state index in [4.69, 9.17) is 16.1 Å². The zero-order valence-corrected chi connectivity index (χ0v) is 14.1. The van der Waals surface area contributed by atoms with Gasteiger partial charge in [0.2, 0.25) is 0 Å². The van der Waals surface area contributed by atoms with Gasteiger partial charge in [-0.05, 0) is 37.6 Å². The fourth-order valence-electron chi connectivity index (χ4n) is 2.88. The summed E-state index contributed by atoms with van der Waals surface area (Å²) in [6.07, 6.45) is 3.65. The molecule has 120 valence electrons. The van der Waals surface area contributed by atoms with Gasteiger partial charge in [0.25, 0.3) is 0 Å². The molecule has 4 aromatic rings. The molecule has 0 aliphatic carbocycles. The molecule has 0 N–H and O–H groups in total. The molecular weight excluding hydrogens is 324 g/mol. The fourth-order valence-corrected chi connectivity index (χ4v) is 3.01. The van der Waals surface area contributed by atoms with Crippen LogP contribution in [0.3, 0.4) is 0 Å². The van der Waals surface area contributed by atoms with Crippen LogP contribution >= 0.6 is 11.6 Å². The average Bonchev–Trinajstić information content (AvgIpc) is 3.12. The Hall–Kier alpha value is -2.66. The number of aromatic nitrogens is 4. The third kappa shape index (κ3) is 2.57. The molecule has 4 rings (SSSR count). The number of hydrogen-bond acceptors (Lipinski definition) is 4. The van der Waals surface area contributed by atoms with Gasteiger partial charge in [-0.2, -0.15) is 0 Å². The van der Waals surface area contributed by atoms with E-state index in [0.717, 1.165) is 44.3 Å². The van der Waals surface area contributed by atoms with Gasteiger partial charge >= 0.3 is 0 Å². The fraction of sp³-hybridized carbons (Fsp3) is 0.167. The summed E-state index contributed by atoms with van der Waals surface area (Å²) in [4.78, 5) is 9.08. The molecular formula is C18H15ClN4O. The first-order chi connectivity index (χ1) is 11.6. The molecule has 0 saturated heterocycles. The van der Waals surface area contributed by atoms with Crippen molar-refractivity contribution in [3.8, 4) is 11.1 Å². The van der Waals surface area contributed by atoms with E-state index in [2.05, 4.69) is 15.1 Å². The van der Waals surface area contributed by atoms with Gasteiger partial charge in [-0.3, -0.25) is 0 Å². The van der Waals surface area contributed by atoms with Crippen molar-refractivity contribution < 1.29 is 4.52 Å². The third-order valence-electron chi connectivity index (χ3n) is 4.04. The Morgan fingerprint density at radius 1 is 1.12 bits per heavy atom. The van der Waals surface area contributed by atoms with Crippen LogP contribution in [0, 0.1) is 13.8 Å². The van der Waals surface area contributed by atoms with Gasteiger partial charge < -0.3 is 9.09 Å². The average molecular weight is 339 g/mol. The lowest BCUT2D eigenvalue weighted by Crippen LogP contribution is -1.99. The highest BCUT2D eigenvalue weighted by atomic mass is 35.5. The van der Waals surface area contributed by atoms with E-state index in [1.807, 2.05) is 61.3 Å². The summed E-state index contributed by atoms with van der Waals surface area (Å²) in [6.45, 7) is 4.53. The van der Waals surface area contributed by atoms with Crippen LogP contribution < -0.4 is 0 Å². The topological polar surface area (TPSA) is 56.7 Å². The summed E-state index contributed by atoms with van der Waals surface area (Å²) >= 11 is 5.94. The number of pyridine rings is 1. The van der Waals surface area contributed by atoms with E-state index in [1.165, 1.54) is 0 Å². The first kappa shape index (κ1) is 14.9. The summed E-state index contributed by atoms with van der Waals surface area (Å²) in [7, 11) is 0. The summed E-state index contributed by atoms with van der Waals surface area (Å²) in [5.74, 6) is 0.786. The van der Waals surface area contributed by atoms with Crippen molar-refractivity contribution in [2.24, 2.45) is 0 Å². The molecule has 0 saturated carbocycles. The quantitative estimate of drug-likeness (QED) is 0.555. The van der Waals surface area contributed by atoms with E-state index < -0.39 is 0 Å². The predicted molar refractivity (Wildman–Crippen MR) is 93.1 cm³/mol. The number of hydrogen-bond donors (Lipinski definition) is 0. The second kappa shape index (κ2) is 5.76. The summed E-state index contributed by atoms with van der Waals surface area (Å²) < 4.78 is 7.26. The molecule has 0 aliphatic rings. The van der Waals surface area contributed by atoms with Crippen molar-refractivity contribution in [2.45, 2.75) is 20.4 Å². The van der Waals surface area contributed by atoms with Crippen molar-refractivity contribution >= 4 is 22.8 Å². The molecule has 0 fully saturated rings. The van der Waals surface area contributed by atoms with Crippen molar-refractivity contribution in [2.75, 3.05) is 0 Å². The third-order valence-corrected chi connectivity index (χ3v) is 4.30. The van der Waals surface area contributed by atoms with Crippen LogP contribution in [0.2, 0.25) is 5.02 Å². The van der Waals surface area contributed by atoms with Gasteiger partial charge in [0, 0.05) is 22.3 Å². The highest BCUT2D eigenvalue weighted by Crippen LogP contribution is 2.28. The number of imidazole rings is 1. The zero-order valence-electron chi connectivity index (χ0n) is 13.3. The van der Waals surface area contributed by atoms with Crippen LogP contribution in [0.5, 0.6) is 0 Å². The molecule has 5 nitrogen and oxygen atoms in total. The van der Waals surface area contributed by atoms with E-state index in [0.29, 0.717) is 6.54 Å². The van der Waals surface area contributed by atoms with Gasteiger partial charge in [0.05, 0.1) is 18.6 Å². The first-order valence-electron chi connectivity index (χ1n) is 7.60. The Morgan fingerprint density at radius 3 is 2.62 bits per heavy atom. The molecule has 24 heavy (non-hydrogen) atoms. The molecule has 0 aliphatic heterocycles. The second-order valence-electron chi connectivity index (χ2n) is 5.76. The normalized spacial score (nSPS) is 11.3. The van der Waals surface area contributed by atoms with E-state index in [-0.39, 0.29) is 0 Å². The summed E-state index contributed by atoms with van der Waals surface area (Å²) in [6, 6.07) is 9.81. The number of nitrogens with zero attached hydrogens (tertiary/aromatic N) is 4. The molecule has 0 unspecified atom stereocenters. The number of aryl methyl sites for hydroxylation is 2. The minimum absolute atomic E-state index is 0.700. The maximum absolute atomic E-state index is 5.94. The molecule has 3 heterocycles. The van der Waals surface area contributed by atoms with Crippen LogP contribution in [-0.2, 0) is 6.54 Å². The van der Waals surface area contributed by atoms with Gasteiger partial charge in [0.15, 0.2) is 5.65 Å². The second-order valence-corrected chi connectivity index (χ2v) is 6.20. The van der Waals surface area contributed by atoms with Gasteiger partial charge in [0.1, 0.15) is 11.3 Å². The molecule has 6 heteroatoms. The molecule has 0 bridgehead atoms. The van der Waals surface area contributed by atoms with Crippen molar-refractivity contribution in [1.82, 2.24) is 19.7 Å². The Kier molecular flexibility index (Phi) is 3.58. The SMILES string of the molecule is Cc1noc(C)c1-c1cnc2c(c1)ncn2Cc1ccc(Cl)cc1. The first-order valence-corrected chi connectivity index (χ1v) is 7.98. The van der Waals surface area contributed by atoms with E-state index in [1.54, 1.807) is 0 Å². The Morgan fingerprint density at radius 2 is 1.92 bits per heavy atom. The van der Waals surface area contributed by atoms with E-state index in [9.17, 15) is 0 Å². The maximum Gasteiger partial charge on any atom is 0.160 e.